The van der Waals surface area contributed by atoms with Crippen LogP contribution in [0.3, 0.4) is 0 Å². The fourth-order valence-corrected chi connectivity index (χ4v) is 3.71. The van der Waals surface area contributed by atoms with Crippen molar-refractivity contribution in [2.75, 3.05) is 13.2 Å². The van der Waals surface area contributed by atoms with Gasteiger partial charge in [0.1, 0.15) is 0 Å². The van der Waals surface area contributed by atoms with Crippen molar-refractivity contribution in [2.24, 2.45) is 0 Å². The molecule has 0 atom stereocenters. The first-order chi connectivity index (χ1) is 13.9. The van der Waals surface area contributed by atoms with Crippen molar-refractivity contribution in [3.8, 4) is 0 Å². The quantitative estimate of drug-likeness (QED) is 0.206. The molecule has 0 fully saturated rings. The van der Waals surface area contributed by atoms with Crippen molar-refractivity contribution in [1.82, 2.24) is 0 Å². The second kappa shape index (κ2) is 15.9. The van der Waals surface area contributed by atoms with E-state index >= 15 is 0 Å². The Morgan fingerprint density at radius 3 is 1.68 bits per heavy atom. The summed E-state index contributed by atoms with van der Waals surface area (Å²) in [5.41, 5.74) is 0. The maximum absolute atomic E-state index is 5.59. The van der Waals surface area contributed by atoms with Gasteiger partial charge >= 0.3 is 84.9 Å². The zero-order chi connectivity index (χ0) is 21.1. The molecule has 6 heteroatoms. The minimum atomic E-state index is -1.31. The summed E-state index contributed by atoms with van der Waals surface area (Å²) in [6, 6.07) is 29.3. The van der Waals surface area contributed by atoms with Gasteiger partial charge in [-0.25, -0.2) is 12.1 Å². The maximum Gasteiger partial charge on any atom is -0.0771 e. The summed E-state index contributed by atoms with van der Waals surface area (Å²) in [5.74, 6) is 0. The molecule has 0 amide bonds. The second-order valence-corrected chi connectivity index (χ2v) is 13.9. The molecule has 0 saturated heterocycles. The first-order valence-electron chi connectivity index (χ1n) is 9.88. The number of hydrogen-bond donors (Lipinski definition) is 0. The minimum absolute atomic E-state index is 0. The maximum atomic E-state index is 5.59. The molecular formula is C25H30Cl2O2SiZr-2. The van der Waals surface area contributed by atoms with E-state index in [-0.39, 0.29) is 24.8 Å². The molecule has 31 heavy (non-hydrogen) atoms. The fraction of sp³-hybridized carbons (Fsp3) is 0.240. The molecule has 0 aliphatic carbocycles. The van der Waals surface area contributed by atoms with Gasteiger partial charge < -0.3 is 24.8 Å². The molecule has 166 valence electrons. The first-order valence-corrected chi connectivity index (χ1v) is 14.5. The van der Waals surface area contributed by atoms with Crippen LogP contribution in [0.5, 0.6) is 0 Å². The van der Waals surface area contributed by atoms with Gasteiger partial charge in [0.25, 0.3) is 0 Å². The number of fused-ring (bicyclic) bond motifs is 3. The Morgan fingerprint density at radius 2 is 1.29 bits per heavy atom. The van der Waals surface area contributed by atoms with Gasteiger partial charge in [0.2, 0.25) is 0 Å². The molecule has 0 aromatic heterocycles. The third-order valence-corrected chi connectivity index (χ3v) is 5.44. The Balaban J connectivity index is 0.000000458. The van der Waals surface area contributed by atoms with Gasteiger partial charge in [0.05, 0.1) is 0 Å². The van der Waals surface area contributed by atoms with Crippen LogP contribution in [-0.2, 0) is 33.4 Å². The molecule has 0 N–H and O–H groups in total. The van der Waals surface area contributed by atoms with Crippen molar-refractivity contribution in [1.29, 1.82) is 0 Å². The summed E-state index contributed by atoms with van der Waals surface area (Å²) < 4.78 is 12.0. The zero-order valence-electron chi connectivity index (χ0n) is 18.6. The van der Waals surface area contributed by atoms with E-state index in [2.05, 4.69) is 74.2 Å². The molecule has 4 aromatic rings. The van der Waals surface area contributed by atoms with E-state index in [0.717, 1.165) is 10.00 Å². The Bertz CT molecular complexity index is 924. The van der Waals surface area contributed by atoms with Crippen molar-refractivity contribution in [2.45, 2.75) is 26.6 Å². The van der Waals surface area contributed by atoms with Gasteiger partial charge in [-0.15, -0.1) is 39.7 Å². The third kappa shape index (κ3) is 12.1. The second-order valence-electron chi connectivity index (χ2n) is 7.65. The summed E-state index contributed by atoms with van der Waals surface area (Å²) in [6.45, 7) is 9.99. The van der Waals surface area contributed by atoms with Crippen LogP contribution >= 0.6 is 0 Å². The van der Waals surface area contributed by atoms with Crippen LogP contribution in [0.25, 0.3) is 21.5 Å². The van der Waals surface area contributed by atoms with Gasteiger partial charge in [-0.2, -0.15) is 18.2 Å². The molecule has 0 radical (unpaired) electrons. The Labute approximate surface area is 214 Å². The summed E-state index contributed by atoms with van der Waals surface area (Å²) in [5, 5.41) is 5.39. The van der Waals surface area contributed by atoms with E-state index < -0.39 is 8.32 Å². The van der Waals surface area contributed by atoms with E-state index in [1.807, 2.05) is 37.3 Å². The van der Waals surface area contributed by atoms with E-state index in [0.29, 0.717) is 6.61 Å². The zero-order valence-corrected chi connectivity index (χ0v) is 23.5. The van der Waals surface area contributed by atoms with Gasteiger partial charge in [-0.05, 0) is 0 Å². The number of benzene rings is 2. The number of hydrogen-bond acceptors (Lipinski definition) is 2. The standard InChI is InChI=1S/C13H9.C7H16O2Si.C5H5.2ClH.Zr/c1-3-7-12-10(5-1)9-11-6-2-4-8-13(11)12;1-5-8-6-7-9-10(2,3)4;1-2-4-5-3-1;;;/h1-9H;6-7H2,1-4H3;1-5H;2*1H;/q-1;;-1;;;+2/p-2. The van der Waals surface area contributed by atoms with Crippen molar-refractivity contribution in [3.05, 3.63) is 84.9 Å². The van der Waals surface area contributed by atoms with Crippen molar-refractivity contribution < 1.29 is 58.2 Å². The van der Waals surface area contributed by atoms with Crippen LogP contribution < -0.4 is 24.8 Å². The average molecular weight is 553 g/mol. The molecule has 0 bridgehead atoms. The van der Waals surface area contributed by atoms with Gasteiger partial charge in [0.15, 0.2) is 0 Å². The molecular weight excluding hydrogens is 522 g/mol. The Kier molecular flexibility index (Phi) is 15.4. The van der Waals surface area contributed by atoms with E-state index in [9.17, 15) is 0 Å². The normalized spacial score (nSPS) is 10.1. The summed E-state index contributed by atoms with van der Waals surface area (Å²) >= 11 is 1.35. The number of rotatable bonds is 5. The molecule has 2 nitrogen and oxygen atoms in total. The average Bonchev–Trinajstić information content (AvgIpc) is 3.36. The molecule has 0 unspecified atom stereocenters. The molecule has 0 saturated carbocycles. The van der Waals surface area contributed by atoms with Crippen molar-refractivity contribution in [3.63, 3.8) is 0 Å². The Morgan fingerprint density at radius 1 is 0.806 bits per heavy atom. The van der Waals surface area contributed by atoms with Crippen LogP contribution in [0.4, 0.5) is 0 Å². The van der Waals surface area contributed by atoms with Crippen LogP contribution in [0, 0.1) is 0 Å². The first kappa shape index (κ1) is 30.1. The van der Waals surface area contributed by atoms with E-state index in [4.69, 9.17) is 9.16 Å². The Hall–Kier alpha value is -0.870. The van der Waals surface area contributed by atoms with Gasteiger partial charge in [0, 0.05) is 0 Å². The minimum Gasteiger partial charge on any atom is -1.00 e. The largest absolute Gasteiger partial charge is 1.00 e. The SMILES string of the molecule is C[C](=[Zr+2])OCCO[Si](C)(C)C.[Cl-].[Cl-].c1cc[cH-]c1.c1ccc2c(c1)[cH-]c1ccccc12. The van der Waals surface area contributed by atoms with Crippen LogP contribution in [0.2, 0.25) is 19.6 Å². The topological polar surface area (TPSA) is 18.5 Å². The molecule has 4 rings (SSSR count). The third-order valence-electron chi connectivity index (χ3n) is 4.02. The summed E-state index contributed by atoms with van der Waals surface area (Å²) in [7, 11) is -1.31. The van der Waals surface area contributed by atoms with Crippen molar-refractivity contribution >= 4 is 33.3 Å². The van der Waals surface area contributed by atoms with Gasteiger partial charge in [-0.1, -0.05) is 36.4 Å². The predicted octanol–water partition coefficient (Wildman–Crippen LogP) is 0.677. The van der Waals surface area contributed by atoms with Gasteiger partial charge in [-0.3, -0.25) is 0 Å². The smallest absolute Gasteiger partial charge is 0.0771 e. The monoisotopic (exact) mass is 550 g/mol. The van der Waals surface area contributed by atoms with E-state index in [1.54, 1.807) is 0 Å². The van der Waals surface area contributed by atoms with E-state index in [1.165, 1.54) is 45.8 Å². The summed E-state index contributed by atoms with van der Waals surface area (Å²) in [6.07, 6.45) is 0. The van der Waals surface area contributed by atoms with Crippen LogP contribution in [-0.4, -0.2) is 24.9 Å². The summed E-state index contributed by atoms with van der Waals surface area (Å²) in [4.78, 5) is 0. The molecule has 0 heterocycles. The predicted molar refractivity (Wildman–Crippen MR) is 125 cm³/mol. The number of ether oxygens (including phenoxy) is 1. The molecule has 4 aromatic carbocycles. The fourth-order valence-electron chi connectivity index (χ4n) is 2.77. The van der Waals surface area contributed by atoms with Crippen LogP contribution in [0.1, 0.15) is 6.92 Å². The molecule has 0 aliphatic heterocycles. The molecule has 0 spiro atoms. The molecule has 0 aliphatic rings. The number of halogens is 2. The van der Waals surface area contributed by atoms with Crippen LogP contribution in [0.15, 0.2) is 84.9 Å².